The summed E-state index contributed by atoms with van der Waals surface area (Å²) in [5.41, 5.74) is 1.99. The maximum Gasteiger partial charge on any atom is 0.277 e. The molecule has 0 saturated carbocycles. The highest BCUT2D eigenvalue weighted by Gasteiger charge is 2.16. The van der Waals surface area contributed by atoms with Crippen molar-refractivity contribution in [3.05, 3.63) is 59.1 Å². The van der Waals surface area contributed by atoms with Crippen molar-refractivity contribution in [3.8, 4) is 5.75 Å². The number of amides is 1. The number of nitrogens with zero attached hydrogens (tertiary/aromatic N) is 4. The summed E-state index contributed by atoms with van der Waals surface area (Å²) in [6.45, 7) is 4.91. The molecule has 1 amide bonds. The zero-order chi connectivity index (χ0) is 18.5. The summed E-state index contributed by atoms with van der Waals surface area (Å²) >= 11 is 6.04. The van der Waals surface area contributed by atoms with E-state index >= 15 is 0 Å². The molecule has 136 valence electrons. The first-order valence-corrected chi connectivity index (χ1v) is 8.75. The molecular formula is C18H20ClN5O2. The van der Waals surface area contributed by atoms with E-state index in [1.54, 1.807) is 28.0 Å². The van der Waals surface area contributed by atoms with Gasteiger partial charge in [-0.1, -0.05) is 30.7 Å². The van der Waals surface area contributed by atoms with Crippen molar-refractivity contribution in [2.24, 2.45) is 0 Å². The van der Waals surface area contributed by atoms with Crippen LogP contribution in [0.3, 0.4) is 0 Å². The van der Waals surface area contributed by atoms with E-state index in [9.17, 15) is 4.79 Å². The molecule has 7 nitrogen and oxygen atoms in total. The van der Waals surface area contributed by atoms with Gasteiger partial charge in [-0.2, -0.15) is 10.2 Å². The number of rotatable bonds is 7. The highest BCUT2D eigenvalue weighted by Crippen LogP contribution is 2.17. The molecule has 0 bridgehead atoms. The predicted molar refractivity (Wildman–Crippen MR) is 99.5 cm³/mol. The van der Waals surface area contributed by atoms with E-state index < -0.39 is 0 Å². The Kier molecular flexibility index (Phi) is 5.58. The lowest BCUT2D eigenvalue weighted by Gasteiger charge is -2.06. The largest absolute Gasteiger partial charge is 0.471 e. The number of carbonyl (C=O) groups is 1. The molecule has 0 radical (unpaired) electrons. The van der Waals surface area contributed by atoms with Gasteiger partial charge in [0.1, 0.15) is 5.75 Å². The summed E-state index contributed by atoms with van der Waals surface area (Å²) in [5.74, 6) is 0.387. The quantitative estimate of drug-likeness (QED) is 0.686. The minimum Gasteiger partial charge on any atom is -0.471 e. The number of ether oxygens (including phenoxy) is 1. The molecule has 1 aromatic carbocycles. The Morgan fingerprint density at radius 3 is 2.62 bits per heavy atom. The Hall–Kier alpha value is -2.80. The Morgan fingerprint density at radius 2 is 1.96 bits per heavy atom. The molecule has 3 aromatic rings. The number of hydrogen-bond acceptors (Lipinski definition) is 4. The van der Waals surface area contributed by atoms with Crippen LogP contribution in [0.15, 0.2) is 42.9 Å². The van der Waals surface area contributed by atoms with Gasteiger partial charge in [-0.3, -0.25) is 9.48 Å². The standard InChI is InChI=1S/C18H20ClN5O2/c1-3-13-5-7-15(8-6-13)26-12-24-10-14(9-20-24)21-18(25)17-16(19)11-23(4-2)22-17/h5-11H,3-4,12H2,1-2H3,(H,21,25). The first-order chi connectivity index (χ1) is 12.6. The van der Waals surface area contributed by atoms with Crippen molar-refractivity contribution < 1.29 is 9.53 Å². The molecule has 0 aliphatic heterocycles. The van der Waals surface area contributed by atoms with Crippen molar-refractivity contribution in [1.82, 2.24) is 19.6 Å². The third kappa shape index (κ3) is 4.23. The molecule has 0 spiro atoms. The molecule has 0 unspecified atom stereocenters. The molecule has 0 saturated heterocycles. The summed E-state index contributed by atoms with van der Waals surface area (Å²) in [4.78, 5) is 12.3. The van der Waals surface area contributed by atoms with E-state index in [1.807, 2.05) is 31.2 Å². The van der Waals surface area contributed by atoms with Crippen LogP contribution in [0.2, 0.25) is 5.02 Å². The van der Waals surface area contributed by atoms with Crippen molar-refractivity contribution in [2.75, 3.05) is 5.32 Å². The Labute approximate surface area is 156 Å². The Bertz CT molecular complexity index is 885. The van der Waals surface area contributed by atoms with Crippen LogP contribution in [0.25, 0.3) is 0 Å². The van der Waals surface area contributed by atoms with E-state index in [4.69, 9.17) is 16.3 Å². The molecule has 0 fully saturated rings. The SMILES string of the molecule is CCc1ccc(OCn2cc(NC(=O)c3nn(CC)cc3Cl)cn2)cc1. The molecule has 8 heteroatoms. The first-order valence-electron chi connectivity index (χ1n) is 8.37. The lowest BCUT2D eigenvalue weighted by atomic mass is 10.2. The smallest absolute Gasteiger partial charge is 0.277 e. The van der Waals surface area contributed by atoms with E-state index in [1.165, 1.54) is 5.56 Å². The summed E-state index contributed by atoms with van der Waals surface area (Å²) in [6.07, 6.45) is 5.84. The molecule has 1 N–H and O–H groups in total. The average Bonchev–Trinajstić information content (AvgIpc) is 3.26. The summed E-state index contributed by atoms with van der Waals surface area (Å²) in [6, 6.07) is 7.92. The predicted octanol–water partition coefficient (Wildman–Crippen LogP) is 3.60. The van der Waals surface area contributed by atoms with Crippen molar-refractivity contribution >= 4 is 23.2 Å². The lowest BCUT2D eigenvalue weighted by Crippen LogP contribution is -2.13. The zero-order valence-electron chi connectivity index (χ0n) is 14.6. The zero-order valence-corrected chi connectivity index (χ0v) is 15.4. The molecule has 3 rings (SSSR count). The van der Waals surface area contributed by atoms with Gasteiger partial charge in [-0.05, 0) is 31.0 Å². The number of nitrogens with one attached hydrogen (secondary N) is 1. The molecular weight excluding hydrogens is 354 g/mol. The van der Waals surface area contributed by atoms with Crippen LogP contribution in [0.5, 0.6) is 5.75 Å². The fourth-order valence-electron chi connectivity index (χ4n) is 2.36. The minimum absolute atomic E-state index is 0.188. The van der Waals surface area contributed by atoms with E-state index in [-0.39, 0.29) is 18.3 Å². The van der Waals surface area contributed by atoms with Crippen LogP contribution in [0, 0.1) is 0 Å². The number of aryl methyl sites for hydroxylation is 2. The highest BCUT2D eigenvalue weighted by atomic mass is 35.5. The molecule has 0 aliphatic carbocycles. The van der Waals surface area contributed by atoms with Gasteiger partial charge < -0.3 is 10.1 Å². The topological polar surface area (TPSA) is 74.0 Å². The third-order valence-electron chi connectivity index (χ3n) is 3.84. The number of hydrogen-bond donors (Lipinski definition) is 1. The second-order valence-corrected chi connectivity index (χ2v) is 6.08. The van der Waals surface area contributed by atoms with Crippen LogP contribution in [0.4, 0.5) is 5.69 Å². The second-order valence-electron chi connectivity index (χ2n) is 5.67. The Morgan fingerprint density at radius 1 is 1.19 bits per heavy atom. The summed E-state index contributed by atoms with van der Waals surface area (Å²) < 4.78 is 8.88. The number of anilines is 1. The van der Waals surface area contributed by atoms with Gasteiger partial charge in [-0.25, -0.2) is 4.68 Å². The lowest BCUT2D eigenvalue weighted by molar-refractivity contribution is 0.102. The summed E-state index contributed by atoms with van der Waals surface area (Å²) in [7, 11) is 0. The van der Waals surface area contributed by atoms with E-state index in [0.29, 0.717) is 17.3 Å². The fourth-order valence-corrected chi connectivity index (χ4v) is 2.60. The van der Waals surface area contributed by atoms with Crippen molar-refractivity contribution in [2.45, 2.75) is 33.5 Å². The number of benzene rings is 1. The van der Waals surface area contributed by atoms with Gasteiger partial charge >= 0.3 is 0 Å². The Balaban J connectivity index is 1.58. The van der Waals surface area contributed by atoms with Gasteiger partial charge in [-0.15, -0.1) is 0 Å². The summed E-state index contributed by atoms with van der Waals surface area (Å²) in [5, 5.41) is 11.4. The van der Waals surface area contributed by atoms with Crippen molar-refractivity contribution in [1.29, 1.82) is 0 Å². The number of halogens is 1. The fraction of sp³-hybridized carbons (Fsp3) is 0.278. The van der Waals surface area contributed by atoms with Crippen molar-refractivity contribution in [3.63, 3.8) is 0 Å². The van der Waals surface area contributed by atoms with Gasteiger partial charge in [0.25, 0.3) is 5.91 Å². The number of carbonyl (C=O) groups excluding carboxylic acids is 1. The van der Waals surface area contributed by atoms with Gasteiger partial charge in [0.2, 0.25) is 0 Å². The minimum atomic E-state index is -0.377. The monoisotopic (exact) mass is 373 g/mol. The molecule has 2 heterocycles. The third-order valence-corrected chi connectivity index (χ3v) is 4.12. The molecule has 26 heavy (non-hydrogen) atoms. The van der Waals surface area contributed by atoms with Crippen LogP contribution >= 0.6 is 11.6 Å². The van der Waals surface area contributed by atoms with E-state index in [2.05, 4.69) is 22.4 Å². The second kappa shape index (κ2) is 8.05. The van der Waals surface area contributed by atoms with Crippen LogP contribution in [-0.2, 0) is 19.7 Å². The van der Waals surface area contributed by atoms with E-state index in [0.717, 1.165) is 12.2 Å². The molecule has 0 atom stereocenters. The molecule has 0 aliphatic rings. The maximum atomic E-state index is 12.3. The van der Waals surface area contributed by atoms with Gasteiger partial charge in [0.05, 0.1) is 23.1 Å². The van der Waals surface area contributed by atoms with Crippen LogP contribution < -0.4 is 10.1 Å². The normalized spacial score (nSPS) is 10.7. The van der Waals surface area contributed by atoms with Crippen LogP contribution in [0.1, 0.15) is 29.9 Å². The van der Waals surface area contributed by atoms with Gasteiger partial charge in [0.15, 0.2) is 12.4 Å². The van der Waals surface area contributed by atoms with Crippen LogP contribution in [-0.4, -0.2) is 25.5 Å². The van der Waals surface area contributed by atoms with Gasteiger partial charge in [0, 0.05) is 12.7 Å². The maximum absolute atomic E-state index is 12.3. The first kappa shape index (κ1) is 18.0. The average molecular weight is 374 g/mol. The molecule has 2 aromatic heterocycles. The highest BCUT2D eigenvalue weighted by molar-refractivity contribution is 6.34. The number of aromatic nitrogens is 4.